The van der Waals surface area contributed by atoms with Gasteiger partial charge in [0, 0.05) is 11.1 Å². The summed E-state index contributed by atoms with van der Waals surface area (Å²) in [5, 5.41) is 14.3. The number of aromatic nitrogens is 1. The summed E-state index contributed by atoms with van der Waals surface area (Å²) in [4.78, 5) is 37.2. The molecular formula is C22H21N3O4S. The molecule has 7 nitrogen and oxygen atoms in total. The van der Waals surface area contributed by atoms with Crippen molar-refractivity contribution in [1.29, 1.82) is 0 Å². The molecule has 1 aromatic heterocycles. The van der Waals surface area contributed by atoms with E-state index < -0.39 is 18.0 Å². The second-order valence-electron chi connectivity index (χ2n) is 6.64. The molecule has 154 valence electrons. The summed E-state index contributed by atoms with van der Waals surface area (Å²) in [6.45, 7) is 0.307. The van der Waals surface area contributed by atoms with Gasteiger partial charge in [-0.25, -0.2) is 4.79 Å². The lowest BCUT2D eigenvalue weighted by molar-refractivity contribution is -0.137. The molecule has 1 heterocycles. The molecule has 0 aliphatic carbocycles. The van der Waals surface area contributed by atoms with Crippen molar-refractivity contribution in [3.63, 3.8) is 0 Å². The lowest BCUT2D eigenvalue weighted by Gasteiger charge is -2.18. The van der Waals surface area contributed by atoms with E-state index in [1.807, 2.05) is 24.3 Å². The number of benzene rings is 2. The minimum Gasteiger partial charge on any atom is -0.481 e. The predicted molar refractivity (Wildman–Crippen MR) is 117 cm³/mol. The zero-order valence-corrected chi connectivity index (χ0v) is 16.9. The minimum atomic E-state index is -1.04. The Kier molecular flexibility index (Phi) is 6.92. The number of hydrogen-bond donors (Lipinski definition) is 4. The number of nitrogens with one attached hydrogen (secondary N) is 2. The van der Waals surface area contributed by atoms with E-state index in [-0.39, 0.29) is 17.7 Å². The van der Waals surface area contributed by atoms with Gasteiger partial charge in [0.05, 0.1) is 19.0 Å². The maximum atomic E-state index is 12.8. The maximum Gasteiger partial charge on any atom is 0.319 e. The fraction of sp³-hybridized carbons (Fsp3) is 0.136. The van der Waals surface area contributed by atoms with Crippen molar-refractivity contribution < 1.29 is 14.7 Å². The molecule has 0 aliphatic heterocycles. The number of rotatable bonds is 7. The zero-order chi connectivity index (χ0) is 21.5. The minimum absolute atomic E-state index is 0.0915. The standard InChI is InChI=1S/C22H21N3O4S/c26-20(27)13-18(15-7-2-1-3-8-15)24-22(29)23-17-10-6-12-25(21(17)28)14-16-9-4-5-11-19(16)30/h1-12,18,30H,13-14H2,(H,26,27)(H2,23,24,29)/t18-/m0/s1. The molecule has 0 aliphatic rings. The second kappa shape index (κ2) is 9.80. The van der Waals surface area contributed by atoms with Gasteiger partial charge in [0.15, 0.2) is 0 Å². The lowest BCUT2D eigenvalue weighted by atomic mass is 10.0. The van der Waals surface area contributed by atoms with E-state index in [1.54, 1.807) is 42.6 Å². The first-order valence-electron chi connectivity index (χ1n) is 9.24. The van der Waals surface area contributed by atoms with E-state index in [1.165, 1.54) is 10.6 Å². The highest BCUT2D eigenvalue weighted by atomic mass is 32.1. The van der Waals surface area contributed by atoms with Gasteiger partial charge in [-0.3, -0.25) is 9.59 Å². The quantitative estimate of drug-likeness (QED) is 0.437. The van der Waals surface area contributed by atoms with Crippen LogP contribution >= 0.6 is 12.6 Å². The van der Waals surface area contributed by atoms with Crippen molar-refractivity contribution in [3.8, 4) is 0 Å². The van der Waals surface area contributed by atoms with Gasteiger partial charge in [-0.15, -0.1) is 12.6 Å². The predicted octanol–water partition coefficient (Wildman–Crippen LogP) is 3.52. The van der Waals surface area contributed by atoms with Crippen LogP contribution in [0.3, 0.4) is 0 Å². The summed E-state index contributed by atoms with van der Waals surface area (Å²) in [5.74, 6) is -1.04. The zero-order valence-electron chi connectivity index (χ0n) is 16.0. The number of urea groups is 1. The maximum absolute atomic E-state index is 12.8. The molecular weight excluding hydrogens is 402 g/mol. The number of thiol groups is 1. The smallest absolute Gasteiger partial charge is 0.319 e. The Morgan fingerprint density at radius 1 is 1.00 bits per heavy atom. The summed E-state index contributed by atoms with van der Waals surface area (Å²) >= 11 is 4.40. The Morgan fingerprint density at radius 2 is 1.70 bits per heavy atom. The molecule has 3 rings (SSSR count). The van der Waals surface area contributed by atoms with Gasteiger partial charge in [0.2, 0.25) is 0 Å². The highest BCUT2D eigenvalue weighted by molar-refractivity contribution is 7.80. The largest absolute Gasteiger partial charge is 0.481 e. The average Bonchev–Trinajstić information content (AvgIpc) is 2.72. The van der Waals surface area contributed by atoms with Crippen molar-refractivity contribution in [2.24, 2.45) is 0 Å². The highest BCUT2D eigenvalue weighted by Gasteiger charge is 2.18. The number of aliphatic carboxylic acids is 1. The van der Waals surface area contributed by atoms with Crippen molar-refractivity contribution >= 4 is 30.3 Å². The van der Waals surface area contributed by atoms with Crippen molar-refractivity contribution in [2.75, 3.05) is 5.32 Å². The first kappa shape index (κ1) is 21.2. The van der Waals surface area contributed by atoms with Crippen LogP contribution < -0.4 is 16.2 Å². The van der Waals surface area contributed by atoms with Crippen LogP contribution in [0.25, 0.3) is 0 Å². The number of anilines is 1. The summed E-state index contributed by atoms with van der Waals surface area (Å²) < 4.78 is 1.47. The van der Waals surface area contributed by atoms with E-state index in [0.29, 0.717) is 12.1 Å². The molecule has 0 fully saturated rings. The van der Waals surface area contributed by atoms with Crippen LogP contribution in [-0.2, 0) is 11.3 Å². The Morgan fingerprint density at radius 3 is 2.40 bits per heavy atom. The topological polar surface area (TPSA) is 100 Å². The van der Waals surface area contributed by atoms with Crippen LogP contribution in [0, 0.1) is 0 Å². The fourth-order valence-corrected chi connectivity index (χ4v) is 3.24. The van der Waals surface area contributed by atoms with Crippen molar-refractivity contribution in [1.82, 2.24) is 9.88 Å². The summed E-state index contributed by atoms with van der Waals surface area (Å²) in [6, 6.07) is 18.0. The number of carboxylic acid groups (broad SMARTS) is 1. The van der Waals surface area contributed by atoms with E-state index in [4.69, 9.17) is 5.11 Å². The Hall–Kier alpha value is -3.52. The average molecular weight is 423 g/mol. The molecule has 30 heavy (non-hydrogen) atoms. The first-order chi connectivity index (χ1) is 14.4. The van der Waals surface area contributed by atoms with Gasteiger partial charge < -0.3 is 20.3 Å². The third kappa shape index (κ3) is 5.51. The molecule has 0 radical (unpaired) electrons. The van der Waals surface area contributed by atoms with Gasteiger partial charge in [-0.2, -0.15) is 0 Å². The molecule has 3 aromatic rings. The van der Waals surface area contributed by atoms with E-state index in [0.717, 1.165) is 10.5 Å². The fourth-order valence-electron chi connectivity index (χ4n) is 3.01. The lowest BCUT2D eigenvalue weighted by Crippen LogP contribution is -2.36. The van der Waals surface area contributed by atoms with Crippen molar-refractivity contribution in [3.05, 3.63) is 94.4 Å². The normalized spacial score (nSPS) is 11.5. The number of carbonyl (C=O) groups excluding carboxylic acids is 1. The van der Waals surface area contributed by atoms with Gasteiger partial charge in [-0.05, 0) is 29.3 Å². The van der Waals surface area contributed by atoms with Crippen LogP contribution in [0.2, 0.25) is 0 Å². The molecule has 0 spiro atoms. The summed E-state index contributed by atoms with van der Waals surface area (Å²) in [5.41, 5.74) is 1.24. The monoisotopic (exact) mass is 423 g/mol. The number of carboxylic acids is 1. The summed E-state index contributed by atoms with van der Waals surface area (Å²) in [6.07, 6.45) is 1.35. The Labute approximate surface area is 178 Å². The van der Waals surface area contributed by atoms with E-state index in [9.17, 15) is 14.4 Å². The molecule has 3 N–H and O–H groups in total. The number of hydrogen-bond acceptors (Lipinski definition) is 4. The third-order valence-corrected chi connectivity index (χ3v) is 4.92. The van der Waals surface area contributed by atoms with Crippen LogP contribution in [-0.4, -0.2) is 21.7 Å². The molecule has 2 aromatic carbocycles. The van der Waals surface area contributed by atoms with Gasteiger partial charge in [0.25, 0.3) is 5.56 Å². The third-order valence-electron chi connectivity index (χ3n) is 4.49. The molecule has 8 heteroatoms. The SMILES string of the molecule is O=C(O)C[C@H](NC(=O)Nc1cccn(Cc2ccccc2S)c1=O)c1ccccc1. The summed E-state index contributed by atoms with van der Waals surface area (Å²) in [7, 11) is 0. The van der Waals surface area contributed by atoms with Gasteiger partial charge in [-0.1, -0.05) is 48.5 Å². The number of nitrogens with zero attached hydrogens (tertiary/aromatic N) is 1. The first-order valence-corrected chi connectivity index (χ1v) is 9.69. The number of carbonyl (C=O) groups is 2. The van der Waals surface area contributed by atoms with E-state index >= 15 is 0 Å². The Bertz CT molecular complexity index is 1100. The van der Waals surface area contributed by atoms with Crippen LogP contribution in [0.5, 0.6) is 0 Å². The van der Waals surface area contributed by atoms with Crippen LogP contribution in [0.15, 0.2) is 82.6 Å². The molecule has 2 amide bonds. The van der Waals surface area contributed by atoms with E-state index in [2.05, 4.69) is 23.3 Å². The van der Waals surface area contributed by atoms with Crippen LogP contribution in [0.1, 0.15) is 23.6 Å². The molecule has 0 saturated heterocycles. The van der Waals surface area contributed by atoms with Gasteiger partial charge >= 0.3 is 12.0 Å². The second-order valence-corrected chi connectivity index (χ2v) is 7.13. The number of pyridine rings is 1. The van der Waals surface area contributed by atoms with Crippen molar-refractivity contribution in [2.45, 2.75) is 23.9 Å². The molecule has 0 saturated carbocycles. The van der Waals surface area contributed by atoms with Gasteiger partial charge in [0.1, 0.15) is 5.69 Å². The molecule has 1 atom stereocenters. The molecule has 0 bridgehead atoms. The Balaban J connectivity index is 1.75. The van der Waals surface area contributed by atoms with Crippen LogP contribution in [0.4, 0.5) is 10.5 Å². The highest BCUT2D eigenvalue weighted by Crippen LogP contribution is 2.17. The molecule has 0 unspecified atom stereocenters. The number of amides is 2.